The van der Waals surface area contributed by atoms with Crippen LogP contribution in [-0.2, 0) is 0 Å². The summed E-state index contributed by atoms with van der Waals surface area (Å²) >= 11 is 2.09. The molecule has 1 rings (SSSR count). The highest BCUT2D eigenvalue weighted by Gasteiger charge is 2.15. The Morgan fingerprint density at radius 2 is 2.45 bits per heavy atom. The van der Waals surface area contributed by atoms with E-state index in [0.29, 0.717) is 0 Å². The molecule has 0 amide bonds. The number of hydrogen-bond acceptors (Lipinski definition) is 3. The van der Waals surface area contributed by atoms with Crippen molar-refractivity contribution in [1.82, 2.24) is 10.2 Å². The number of thioether (sulfide) groups is 1. The Hall–Kier alpha value is 0.270. The predicted octanol–water partition coefficient (Wildman–Crippen LogP) is 0.643. The van der Waals surface area contributed by atoms with Crippen LogP contribution in [0.3, 0.4) is 0 Å². The molecule has 1 heterocycles. The molecule has 1 aliphatic heterocycles. The van der Waals surface area contributed by atoms with Crippen LogP contribution in [0.5, 0.6) is 0 Å². The van der Waals surface area contributed by atoms with Gasteiger partial charge in [-0.25, -0.2) is 0 Å². The Balaban J connectivity index is 2.12. The monoisotopic (exact) mass is 174 g/mol. The molecule has 0 aromatic carbocycles. The van der Waals surface area contributed by atoms with Gasteiger partial charge in [-0.15, -0.1) is 0 Å². The molecular formula is C8H18N2S. The minimum Gasteiger partial charge on any atom is -0.318 e. The fraction of sp³-hybridized carbons (Fsp3) is 1.00. The van der Waals surface area contributed by atoms with Crippen LogP contribution in [0.1, 0.15) is 6.92 Å². The molecule has 3 heteroatoms. The second-order valence-corrected chi connectivity index (χ2v) is 4.63. The van der Waals surface area contributed by atoms with Crippen molar-refractivity contribution in [3.63, 3.8) is 0 Å². The molecule has 0 bridgehead atoms. The lowest BCUT2D eigenvalue weighted by Gasteiger charge is -2.30. The Kier molecular flexibility index (Phi) is 4.26. The third-order valence-electron chi connectivity index (χ3n) is 2.00. The van der Waals surface area contributed by atoms with Crippen molar-refractivity contribution >= 4 is 11.8 Å². The van der Waals surface area contributed by atoms with Crippen LogP contribution >= 0.6 is 11.8 Å². The van der Waals surface area contributed by atoms with E-state index in [0.717, 1.165) is 11.8 Å². The van der Waals surface area contributed by atoms with Gasteiger partial charge in [0.1, 0.15) is 0 Å². The lowest BCUT2D eigenvalue weighted by atomic mass is 10.4. The summed E-state index contributed by atoms with van der Waals surface area (Å²) in [7, 11) is 2.02. The minimum absolute atomic E-state index is 0.834. The highest BCUT2D eigenvalue weighted by Crippen LogP contribution is 2.16. The van der Waals surface area contributed by atoms with Gasteiger partial charge in [0.25, 0.3) is 0 Å². The van der Waals surface area contributed by atoms with E-state index in [1.807, 2.05) is 7.05 Å². The Morgan fingerprint density at radius 3 is 3.09 bits per heavy atom. The van der Waals surface area contributed by atoms with Crippen molar-refractivity contribution in [3.05, 3.63) is 0 Å². The van der Waals surface area contributed by atoms with Gasteiger partial charge in [-0.1, -0.05) is 6.92 Å². The number of rotatable bonds is 3. The summed E-state index contributed by atoms with van der Waals surface area (Å²) in [5.41, 5.74) is 0. The fourth-order valence-corrected chi connectivity index (χ4v) is 2.45. The third kappa shape index (κ3) is 3.45. The van der Waals surface area contributed by atoms with Gasteiger partial charge in [0.2, 0.25) is 0 Å². The zero-order valence-corrected chi connectivity index (χ0v) is 8.28. The number of hydrogen-bond donors (Lipinski definition) is 1. The van der Waals surface area contributed by atoms with Crippen molar-refractivity contribution in [1.29, 1.82) is 0 Å². The maximum absolute atomic E-state index is 3.18. The largest absolute Gasteiger partial charge is 0.318 e. The first kappa shape index (κ1) is 9.36. The van der Waals surface area contributed by atoms with E-state index >= 15 is 0 Å². The van der Waals surface area contributed by atoms with E-state index in [4.69, 9.17) is 0 Å². The second kappa shape index (κ2) is 5.01. The number of nitrogens with one attached hydrogen (secondary N) is 1. The summed E-state index contributed by atoms with van der Waals surface area (Å²) in [6.07, 6.45) is 0. The lowest BCUT2D eigenvalue weighted by molar-refractivity contribution is 0.288. The molecule has 1 atom stereocenters. The van der Waals surface area contributed by atoms with Crippen LogP contribution < -0.4 is 5.32 Å². The predicted molar refractivity (Wildman–Crippen MR) is 52.3 cm³/mol. The van der Waals surface area contributed by atoms with Gasteiger partial charge < -0.3 is 10.2 Å². The van der Waals surface area contributed by atoms with E-state index in [1.165, 1.54) is 25.4 Å². The van der Waals surface area contributed by atoms with Crippen molar-refractivity contribution in [2.75, 3.05) is 39.0 Å². The van der Waals surface area contributed by atoms with E-state index in [9.17, 15) is 0 Å². The molecule has 0 spiro atoms. The first-order valence-corrected chi connectivity index (χ1v) is 5.36. The summed E-state index contributed by atoms with van der Waals surface area (Å²) in [6.45, 7) is 7.19. The first-order valence-electron chi connectivity index (χ1n) is 4.31. The molecule has 11 heavy (non-hydrogen) atoms. The van der Waals surface area contributed by atoms with Crippen LogP contribution in [-0.4, -0.2) is 49.1 Å². The zero-order valence-electron chi connectivity index (χ0n) is 7.47. The highest BCUT2D eigenvalue weighted by molar-refractivity contribution is 7.99. The molecule has 0 aromatic rings. The Labute approximate surface area is 73.7 Å². The molecule has 0 radical (unpaired) electrons. The van der Waals surface area contributed by atoms with Gasteiger partial charge in [0, 0.05) is 37.2 Å². The van der Waals surface area contributed by atoms with Gasteiger partial charge in [-0.2, -0.15) is 11.8 Å². The molecule has 1 N–H and O–H groups in total. The SMILES string of the molecule is CNCCN1CCSC(C)C1. The van der Waals surface area contributed by atoms with Crippen LogP contribution in [0.25, 0.3) is 0 Å². The third-order valence-corrected chi connectivity index (χ3v) is 3.14. The highest BCUT2D eigenvalue weighted by atomic mass is 32.2. The minimum atomic E-state index is 0.834. The summed E-state index contributed by atoms with van der Waals surface area (Å²) in [4.78, 5) is 2.54. The number of nitrogens with zero attached hydrogens (tertiary/aromatic N) is 1. The normalized spacial score (nSPS) is 27.3. The lowest BCUT2D eigenvalue weighted by Crippen LogP contribution is -2.40. The van der Waals surface area contributed by atoms with Crippen molar-refractivity contribution < 1.29 is 0 Å². The molecule has 0 saturated carbocycles. The van der Waals surface area contributed by atoms with Crippen LogP contribution in [0.2, 0.25) is 0 Å². The molecule has 1 fully saturated rings. The maximum atomic E-state index is 3.18. The molecule has 2 nitrogen and oxygen atoms in total. The zero-order chi connectivity index (χ0) is 8.10. The average Bonchev–Trinajstić information content (AvgIpc) is 2.01. The van der Waals surface area contributed by atoms with E-state index in [1.54, 1.807) is 0 Å². The van der Waals surface area contributed by atoms with Crippen LogP contribution in [0, 0.1) is 0 Å². The quantitative estimate of drug-likeness (QED) is 0.676. The van der Waals surface area contributed by atoms with Gasteiger partial charge in [0.05, 0.1) is 0 Å². The summed E-state index contributed by atoms with van der Waals surface area (Å²) < 4.78 is 0. The molecule has 66 valence electrons. The molecule has 1 aliphatic rings. The van der Waals surface area contributed by atoms with E-state index < -0.39 is 0 Å². The molecule has 1 saturated heterocycles. The molecule has 1 unspecified atom stereocenters. The van der Waals surface area contributed by atoms with Crippen LogP contribution in [0.4, 0.5) is 0 Å². The second-order valence-electron chi connectivity index (χ2n) is 3.09. The van der Waals surface area contributed by atoms with E-state index in [-0.39, 0.29) is 0 Å². The fourth-order valence-electron chi connectivity index (χ4n) is 1.36. The first-order chi connectivity index (χ1) is 5.33. The van der Waals surface area contributed by atoms with Gasteiger partial charge >= 0.3 is 0 Å². The average molecular weight is 174 g/mol. The topological polar surface area (TPSA) is 15.3 Å². The maximum Gasteiger partial charge on any atom is 0.0147 e. The number of likely N-dealkylation sites (N-methyl/N-ethyl adjacent to an activating group) is 1. The summed E-state index contributed by atoms with van der Waals surface area (Å²) in [5, 5.41) is 4.02. The summed E-state index contributed by atoms with van der Waals surface area (Å²) in [5.74, 6) is 1.31. The Bertz CT molecular complexity index is 108. The Morgan fingerprint density at radius 1 is 1.64 bits per heavy atom. The molecular weight excluding hydrogens is 156 g/mol. The summed E-state index contributed by atoms with van der Waals surface area (Å²) in [6, 6.07) is 0. The standard InChI is InChI=1S/C8H18N2S/c1-8-7-10(4-3-9-2)5-6-11-8/h8-9H,3-7H2,1-2H3. The molecule has 0 aliphatic carbocycles. The van der Waals surface area contributed by atoms with Crippen molar-refractivity contribution in [3.8, 4) is 0 Å². The van der Waals surface area contributed by atoms with Crippen molar-refractivity contribution in [2.45, 2.75) is 12.2 Å². The van der Waals surface area contributed by atoms with Crippen LogP contribution in [0.15, 0.2) is 0 Å². The van der Waals surface area contributed by atoms with Crippen molar-refractivity contribution in [2.24, 2.45) is 0 Å². The smallest absolute Gasteiger partial charge is 0.0147 e. The van der Waals surface area contributed by atoms with E-state index in [2.05, 4.69) is 28.9 Å². The van der Waals surface area contributed by atoms with Gasteiger partial charge in [-0.3, -0.25) is 0 Å². The van der Waals surface area contributed by atoms with Gasteiger partial charge in [0.15, 0.2) is 0 Å². The van der Waals surface area contributed by atoms with Gasteiger partial charge in [-0.05, 0) is 7.05 Å². The molecule has 0 aromatic heterocycles.